The van der Waals surface area contributed by atoms with Crippen LogP contribution in [0.15, 0.2) is 42.5 Å². The molecule has 7 nitrogen and oxygen atoms in total. The molecule has 0 saturated carbocycles. The van der Waals surface area contributed by atoms with Crippen molar-refractivity contribution < 1.29 is 18.8 Å². The summed E-state index contributed by atoms with van der Waals surface area (Å²) in [5.74, 6) is -1.51. The van der Waals surface area contributed by atoms with E-state index in [1.54, 1.807) is 6.07 Å². The quantitative estimate of drug-likeness (QED) is 0.563. The summed E-state index contributed by atoms with van der Waals surface area (Å²) < 4.78 is 13.1. The molecule has 1 saturated heterocycles. The van der Waals surface area contributed by atoms with Gasteiger partial charge in [0.2, 0.25) is 11.8 Å². The van der Waals surface area contributed by atoms with Gasteiger partial charge in [-0.1, -0.05) is 23.7 Å². The van der Waals surface area contributed by atoms with Crippen molar-refractivity contribution in [3.05, 3.63) is 64.4 Å². The Kier molecular flexibility index (Phi) is 8.19. The first kappa shape index (κ1) is 23.7. The van der Waals surface area contributed by atoms with Crippen LogP contribution in [0, 0.1) is 11.7 Å². The maximum absolute atomic E-state index is 13.1. The third-order valence-corrected chi connectivity index (χ3v) is 5.73. The number of amides is 3. The molecule has 0 spiro atoms. The number of anilines is 1. The predicted molar refractivity (Wildman–Crippen MR) is 121 cm³/mol. The fraction of sp³-hybridized carbons (Fsp3) is 0.348. The second kappa shape index (κ2) is 11.1. The molecule has 2 aromatic rings. The van der Waals surface area contributed by atoms with Crippen LogP contribution < -0.4 is 16.4 Å². The average molecular weight is 461 g/mol. The van der Waals surface area contributed by atoms with E-state index in [9.17, 15) is 18.8 Å². The molecule has 1 fully saturated rings. The van der Waals surface area contributed by atoms with E-state index < -0.39 is 11.7 Å². The molecule has 32 heavy (non-hydrogen) atoms. The minimum atomic E-state index is -0.525. The fourth-order valence-electron chi connectivity index (χ4n) is 3.66. The van der Waals surface area contributed by atoms with Crippen molar-refractivity contribution in [3.63, 3.8) is 0 Å². The number of halogens is 2. The summed E-state index contributed by atoms with van der Waals surface area (Å²) in [5, 5.41) is 5.45. The van der Waals surface area contributed by atoms with Crippen LogP contribution in [-0.2, 0) is 16.1 Å². The largest absolute Gasteiger partial charge is 0.369 e. The number of piperidine rings is 1. The Hall–Kier alpha value is -2.97. The van der Waals surface area contributed by atoms with Crippen molar-refractivity contribution >= 4 is 35.0 Å². The Morgan fingerprint density at radius 2 is 1.88 bits per heavy atom. The molecule has 0 unspecified atom stereocenters. The SMILES string of the molecule is NC(=O)C1CCN(Cc2cccc(NC(=O)CCNC(=O)c3ccc(F)cc3Cl)c2)CC1. The molecule has 3 amide bonds. The lowest BCUT2D eigenvalue weighted by Gasteiger charge is -2.30. The highest BCUT2D eigenvalue weighted by Gasteiger charge is 2.23. The van der Waals surface area contributed by atoms with Gasteiger partial charge in [0, 0.05) is 31.1 Å². The third kappa shape index (κ3) is 6.77. The zero-order chi connectivity index (χ0) is 23.1. The smallest absolute Gasteiger partial charge is 0.252 e. The molecule has 1 heterocycles. The topological polar surface area (TPSA) is 105 Å². The van der Waals surface area contributed by atoms with Gasteiger partial charge in [-0.25, -0.2) is 4.39 Å². The van der Waals surface area contributed by atoms with Gasteiger partial charge in [-0.3, -0.25) is 19.3 Å². The summed E-state index contributed by atoms with van der Waals surface area (Å²) in [6.45, 7) is 2.46. The zero-order valence-corrected chi connectivity index (χ0v) is 18.3. The highest BCUT2D eigenvalue weighted by atomic mass is 35.5. The number of primary amides is 1. The van der Waals surface area contributed by atoms with Gasteiger partial charge in [0.15, 0.2) is 0 Å². The number of hydrogen-bond donors (Lipinski definition) is 3. The first-order valence-electron chi connectivity index (χ1n) is 10.5. The summed E-state index contributed by atoms with van der Waals surface area (Å²) in [4.78, 5) is 37.9. The van der Waals surface area contributed by atoms with Crippen LogP contribution in [0.5, 0.6) is 0 Å². The minimum Gasteiger partial charge on any atom is -0.369 e. The molecule has 0 radical (unpaired) electrons. The van der Waals surface area contributed by atoms with Crippen LogP contribution in [0.3, 0.4) is 0 Å². The highest BCUT2D eigenvalue weighted by Crippen LogP contribution is 2.20. The predicted octanol–water partition coefficient (Wildman–Crippen LogP) is 2.94. The van der Waals surface area contributed by atoms with E-state index in [1.165, 1.54) is 6.07 Å². The van der Waals surface area contributed by atoms with Crippen molar-refractivity contribution in [1.29, 1.82) is 0 Å². The molecule has 1 aliphatic rings. The Morgan fingerprint density at radius 1 is 1.12 bits per heavy atom. The lowest BCUT2D eigenvalue weighted by molar-refractivity contribution is -0.123. The number of benzene rings is 2. The molecule has 0 bridgehead atoms. The Balaban J connectivity index is 1.44. The van der Waals surface area contributed by atoms with Crippen molar-refractivity contribution in [2.75, 3.05) is 25.0 Å². The number of hydrogen-bond acceptors (Lipinski definition) is 4. The third-order valence-electron chi connectivity index (χ3n) is 5.42. The molecular formula is C23H26ClFN4O3. The number of nitrogens with zero attached hydrogens (tertiary/aromatic N) is 1. The number of carbonyl (C=O) groups is 3. The van der Waals surface area contributed by atoms with E-state index in [0.29, 0.717) is 5.69 Å². The van der Waals surface area contributed by atoms with E-state index in [-0.39, 0.29) is 41.3 Å². The van der Waals surface area contributed by atoms with Crippen LogP contribution in [0.1, 0.15) is 35.2 Å². The number of likely N-dealkylation sites (tertiary alicyclic amines) is 1. The van der Waals surface area contributed by atoms with Crippen LogP contribution in [0.4, 0.5) is 10.1 Å². The number of rotatable bonds is 8. The molecule has 2 aromatic carbocycles. The molecule has 9 heteroatoms. The zero-order valence-electron chi connectivity index (χ0n) is 17.6. The van der Waals surface area contributed by atoms with Gasteiger partial charge in [0.1, 0.15) is 5.82 Å². The maximum Gasteiger partial charge on any atom is 0.252 e. The number of nitrogens with one attached hydrogen (secondary N) is 2. The van der Waals surface area contributed by atoms with Gasteiger partial charge >= 0.3 is 0 Å². The number of carbonyl (C=O) groups excluding carboxylic acids is 3. The molecule has 0 aromatic heterocycles. The monoisotopic (exact) mass is 460 g/mol. The second-order valence-electron chi connectivity index (χ2n) is 7.83. The molecular weight excluding hydrogens is 435 g/mol. The molecule has 170 valence electrons. The van der Waals surface area contributed by atoms with E-state index in [4.69, 9.17) is 17.3 Å². The molecule has 4 N–H and O–H groups in total. The van der Waals surface area contributed by atoms with Crippen molar-refractivity contribution in [1.82, 2.24) is 10.2 Å². The van der Waals surface area contributed by atoms with Gasteiger partial charge in [-0.05, 0) is 61.8 Å². The van der Waals surface area contributed by atoms with Gasteiger partial charge in [0.25, 0.3) is 5.91 Å². The summed E-state index contributed by atoms with van der Waals surface area (Å²) in [7, 11) is 0. The van der Waals surface area contributed by atoms with E-state index in [2.05, 4.69) is 15.5 Å². The second-order valence-corrected chi connectivity index (χ2v) is 8.24. The molecule has 1 aliphatic heterocycles. The normalized spacial score (nSPS) is 14.7. The van der Waals surface area contributed by atoms with Crippen LogP contribution >= 0.6 is 11.6 Å². The summed E-state index contributed by atoms with van der Waals surface area (Å²) in [5.41, 5.74) is 7.27. The average Bonchev–Trinajstić information content (AvgIpc) is 2.74. The van der Waals surface area contributed by atoms with Gasteiger partial charge < -0.3 is 16.4 Å². The highest BCUT2D eigenvalue weighted by molar-refractivity contribution is 6.33. The Bertz CT molecular complexity index is 993. The van der Waals surface area contributed by atoms with Crippen LogP contribution in [0.25, 0.3) is 0 Å². The fourth-order valence-corrected chi connectivity index (χ4v) is 3.92. The summed E-state index contributed by atoms with van der Waals surface area (Å²) in [6.07, 6.45) is 1.61. The van der Waals surface area contributed by atoms with E-state index >= 15 is 0 Å². The lowest BCUT2D eigenvalue weighted by atomic mass is 9.96. The van der Waals surface area contributed by atoms with Crippen molar-refractivity contribution in [2.24, 2.45) is 11.7 Å². The van der Waals surface area contributed by atoms with Gasteiger partial charge in [0.05, 0.1) is 10.6 Å². The van der Waals surface area contributed by atoms with Crippen LogP contribution in [-0.4, -0.2) is 42.3 Å². The van der Waals surface area contributed by atoms with E-state index in [1.807, 2.05) is 18.2 Å². The Morgan fingerprint density at radius 3 is 2.56 bits per heavy atom. The molecule has 3 rings (SSSR count). The lowest BCUT2D eigenvalue weighted by Crippen LogP contribution is -2.38. The maximum atomic E-state index is 13.1. The van der Waals surface area contributed by atoms with Crippen molar-refractivity contribution in [2.45, 2.75) is 25.8 Å². The van der Waals surface area contributed by atoms with Gasteiger partial charge in [-0.2, -0.15) is 0 Å². The van der Waals surface area contributed by atoms with Crippen molar-refractivity contribution in [3.8, 4) is 0 Å². The van der Waals surface area contributed by atoms with E-state index in [0.717, 1.165) is 50.2 Å². The first-order valence-corrected chi connectivity index (χ1v) is 10.8. The number of nitrogens with two attached hydrogens (primary N) is 1. The Labute approximate surface area is 191 Å². The first-order chi connectivity index (χ1) is 15.3. The minimum absolute atomic E-state index is 0.0163. The van der Waals surface area contributed by atoms with Gasteiger partial charge in [-0.15, -0.1) is 0 Å². The standard InChI is InChI=1S/C23H26ClFN4O3/c24-20-13-17(25)4-5-19(20)23(32)27-9-6-21(30)28-18-3-1-2-15(12-18)14-29-10-7-16(8-11-29)22(26)31/h1-5,12-13,16H,6-11,14H2,(H2,26,31)(H,27,32)(H,28,30). The molecule has 0 atom stereocenters. The summed E-state index contributed by atoms with van der Waals surface area (Å²) >= 11 is 5.87. The molecule has 0 aliphatic carbocycles. The van der Waals surface area contributed by atoms with Crippen LogP contribution in [0.2, 0.25) is 5.02 Å². The summed E-state index contributed by atoms with van der Waals surface area (Å²) in [6, 6.07) is 11.1.